The lowest BCUT2D eigenvalue weighted by atomic mass is 10.0. The van der Waals surface area contributed by atoms with Crippen molar-refractivity contribution >= 4 is 5.91 Å². The number of rotatable bonds is 4. The first-order valence-corrected chi connectivity index (χ1v) is 6.96. The smallest absolute Gasteiger partial charge is 0.251 e. The van der Waals surface area contributed by atoms with Crippen molar-refractivity contribution in [3.05, 3.63) is 29.8 Å². The number of nitrogens with one attached hydrogen (secondary N) is 2. The maximum absolute atomic E-state index is 12.1. The molecule has 1 aromatic rings. The minimum Gasteiger partial charge on any atom is -0.494 e. The third-order valence-corrected chi connectivity index (χ3v) is 3.39. The van der Waals surface area contributed by atoms with E-state index in [0.717, 1.165) is 25.1 Å². The van der Waals surface area contributed by atoms with Gasteiger partial charge in [0.1, 0.15) is 5.75 Å². The van der Waals surface area contributed by atoms with E-state index < -0.39 is 0 Å². The second-order valence-electron chi connectivity index (χ2n) is 5.01. The fourth-order valence-corrected chi connectivity index (χ4v) is 2.40. The number of amides is 1. The molecular formula is C15H22N2O2. The molecule has 1 heterocycles. The van der Waals surface area contributed by atoms with Crippen LogP contribution < -0.4 is 15.4 Å². The van der Waals surface area contributed by atoms with Crippen LogP contribution in [0.3, 0.4) is 0 Å². The molecule has 0 aliphatic carbocycles. The average Bonchev–Trinajstić information content (AvgIpc) is 2.40. The van der Waals surface area contributed by atoms with Crippen molar-refractivity contribution in [3.8, 4) is 5.75 Å². The lowest BCUT2D eigenvalue weighted by Gasteiger charge is -2.28. The number of carbonyl (C=O) groups excluding carboxylic acids is 1. The molecule has 0 saturated carbocycles. The third-order valence-electron chi connectivity index (χ3n) is 3.39. The molecule has 104 valence electrons. The molecule has 2 rings (SSSR count). The lowest BCUT2D eigenvalue weighted by molar-refractivity contribution is 0.0925. The van der Waals surface area contributed by atoms with Gasteiger partial charge in [0.25, 0.3) is 5.91 Å². The van der Waals surface area contributed by atoms with Gasteiger partial charge in [-0.05, 0) is 57.5 Å². The first-order chi connectivity index (χ1) is 9.19. The minimum absolute atomic E-state index is 0.00199. The number of carbonyl (C=O) groups is 1. The molecule has 1 aromatic carbocycles. The molecule has 1 fully saturated rings. The Kier molecular flexibility index (Phi) is 4.80. The van der Waals surface area contributed by atoms with Gasteiger partial charge in [0.15, 0.2) is 0 Å². The molecule has 0 spiro atoms. The monoisotopic (exact) mass is 262 g/mol. The quantitative estimate of drug-likeness (QED) is 0.872. The summed E-state index contributed by atoms with van der Waals surface area (Å²) in [7, 11) is 0. The molecule has 19 heavy (non-hydrogen) atoms. The molecule has 1 aliphatic heterocycles. The van der Waals surface area contributed by atoms with Gasteiger partial charge in [0.05, 0.1) is 6.61 Å². The van der Waals surface area contributed by atoms with Crippen LogP contribution in [0.2, 0.25) is 0 Å². The van der Waals surface area contributed by atoms with E-state index in [1.165, 1.54) is 0 Å². The maximum atomic E-state index is 12.1. The highest BCUT2D eigenvalue weighted by Gasteiger charge is 2.20. The highest BCUT2D eigenvalue weighted by molar-refractivity contribution is 5.94. The number of piperidine rings is 1. The Labute approximate surface area is 114 Å². The van der Waals surface area contributed by atoms with Gasteiger partial charge in [-0.3, -0.25) is 4.79 Å². The predicted molar refractivity (Wildman–Crippen MR) is 75.6 cm³/mol. The van der Waals surface area contributed by atoms with Gasteiger partial charge in [0, 0.05) is 17.6 Å². The summed E-state index contributed by atoms with van der Waals surface area (Å²) in [6.07, 6.45) is 1.98. The third kappa shape index (κ3) is 3.96. The fraction of sp³-hybridized carbons (Fsp3) is 0.533. The molecule has 1 amide bonds. The molecule has 0 bridgehead atoms. The Bertz CT molecular complexity index is 417. The van der Waals surface area contributed by atoms with Gasteiger partial charge in [-0.1, -0.05) is 0 Å². The van der Waals surface area contributed by atoms with E-state index in [0.29, 0.717) is 18.2 Å². The molecule has 1 saturated heterocycles. The molecular weight excluding hydrogens is 240 g/mol. The molecule has 0 aromatic heterocycles. The summed E-state index contributed by atoms with van der Waals surface area (Å²) in [5.74, 6) is 0.802. The van der Waals surface area contributed by atoms with E-state index in [2.05, 4.69) is 17.6 Å². The number of benzene rings is 1. The summed E-state index contributed by atoms with van der Waals surface area (Å²) in [6, 6.07) is 8.04. The normalized spacial score (nSPS) is 22.8. The van der Waals surface area contributed by atoms with Gasteiger partial charge < -0.3 is 15.4 Å². The van der Waals surface area contributed by atoms with Crippen LogP contribution in [0.1, 0.15) is 37.0 Å². The van der Waals surface area contributed by atoms with Crippen LogP contribution in [-0.2, 0) is 0 Å². The summed E-state index contributed by atoms with van der Waals surface area (Å²) in [6.45, 7) is 5.70. The Morgan fingerprint density at radius 2 is 2.16 bits per heavy atom. The van der Waals surface area contributed by atoms with Crippen LogP contribution in [0.25, 0.3) is 0 Å². The van der Waals surface area contributed by atoms with Crippen molar-refractivity contribution in [2.45, 2.75) is 38.8 Å². The topological polar surface area (TPSA) is 50.4 Å². The molecule has 2 unspecified atom stereocenters. The van der Waals surface area contributed by atoms with Crippen LogP contribution in [0.15, 0.2) is 24.3 Å². The Balaban J connectivity index is 1.91. The minimum atomic E-state index is 0.00199. The Hall–Kier alpha value is -1.55. The van der Waals surface area contributed by atoms with Crippen molar-refractivity contribution in [2.24, 2.45) is 0 Å². The standard InChI is InChI=1S/C15H22N2O2/c1-3-19-14-6-4-12(5-7-14)15(18)17-13-8-9-16-11(2)10-13/h4-7,11,13,16H,3,8-10H2,1-2H3,(H,17,18). The van der Waals surface area contributed by atoms with Gasteiger partial charge in [-0.25, -0.2) is 0 Å². The van der Waals surface area contributed by atoms with E-state index in [9.17, 15) is 4.79 Å². The largest absolute Gasteiger partial charge is 0.494 e. The Morgan fingerprint density at radius 1 is 1.42 bits per heavy atom. The summed E-state index contributed by atoms with van der Waals surface area (Å²) in [4.78, 5) is 12.1. The Morgan fingerprint density at radius 3 is 2.79 bits per heavy atom. The van der Waals surface area contributed by atoms with E-state index >= 15 is 0 Å². The van der Waals surface area contributed by atoms with Crippen molar-refractivity contribution in [1.82, 2.24) is 10.6 Å². The molecule has 4 nitrogen and oxygen atoms in total. The maximum Gasteiger partial charge on any atom is 0.251 e. The van der Waals surface area contributed by atoms with Gasteiger partial charge in [-0.15, -0.1) is 0 Å². The first kappa shape index (κ1) is 13.9. The summed E-state index contributed by atoms with van der Waals surface area (Å²) < 4.78 is 5.36. The van der Waals surface area contributed by atoms with Crippen LogP contribution >= 0.6 is 0 Å². The number of ether oxygens (including phenoxy) is 1. The number of hydrogen-bond acceptors (Lipinski definition) is 3. The average molecular weight is 262 g/mol. The SMILES string of the molecule is CCOc1ccc(C(=O)NC2CCNC(C)C2)cc1. The van der Waals surface area contributed by atoms with Crippen molar-refractivity contribution in [3.63, 3.8) is 0 Å². The van der Waals surface area contributed by atoms with Crippen molar-refractivity contribution in [1.29, 1.82) is 0 Å². The predicted octanol–water partition coefficient (Wildman–Crippen LogP) is 1.96. The second kappa shape index (κ2) is 6.57. The first-order valence-electron chi connectivity index (χ1n) is 6.96. The summed E-state index contributed by atoms with van der Waals surface area (Å²) in [5, 5.41) is 6.48. The molecule has 0 radical (unpaired) electrons. The lowest BCUT2D eigenvalue weighted by Crippen LogP contribution is -2.46. The zero-order valence-corrected chi connectivity index (χ0v) is 11.6. The molecule has 2 N–H and O–H groups in total. The van der Waals surface area contributed by atoms with Crippen LogP contribution in [0.5, 0.6) is 5.75 Å². The van der Waals surface area contributed by atoms with Crippen molar-refractivity contribution < 1.29 is 9.53 Å². The highest BCUT2D eigenvalue weighted by atomic mass is 16.5. The van der Waals surface area contributed by atoms with E-state index in [1.54, 1.807) is 0 Å². The molecule has 1 aliphatic rings. The van der Waals surface area contributed by atoms with Crippen molar-refractivity contribution in [2.75, 3.05) is 13.2 Å². The molecule has 4 heteroatoms. The van der Waals surface area contributed by atoms with Crippen LogP contribution in [0, 0.1) is 0 Å². The fourth-order valence-electron chi connectivity index (χ4n) is 2.40. The van der Waals surface area contributed by atoms with Crippen LogP contribution in [0.4, 0.5) is 0 Å². The van der Waals surface area contributed by atoms with Crippen LogP contribution in [-0.4, -0.2) is 31.1 Å². The summed E-state index contributed by atoms with van der Waals surface area (Å²) >= 11 is 0. The van der Waals surface area contributed by atoms with Gasteiger partial charge >= 0.3 is 0 Å². The second-order valence-corrected chi connectivity index (χ2v) is 5.01. The number of hydrogen-bond donors (Lipinski definition) is 2. The highest BCUT2D eigenvalue weighted by Crippen LogP contribution is 2.13. The zero-order valence-electron chi connectivity index (χ0n) is 11.6. The molecule has 2 atom stereocenters. The summed E-state index contributed by atoms with van der Waals surface area (Å²) in [5.41, 5.74) is 0.689. The zero-order chi connectivity index (χ0) is 13.7. The van der Waals surface area contributed by atoms with E-state index in [4.69, 9.17) is 4.74 Å². The van der Waals surface area contributed by atoms with E-state index in [-0.39, 0.29) is 11.9 Å². The van der Waals surface area contributed by atoms with Gasteiger partial charge in [-0.2, -0.15) is 0 Å². The van der Waals surface area contributed by atoms with E-state index in [1.807, 2.05) is 31.2 Å². The van der Waals surface area contributed by atoms with Gasteiger partial charge in [0.2, 0.25) is 0 Å².